The molecule has 0 fully saturated rings. The van der Waals surface area contributed by atoms with Crippen LogP contribution in [0.25, 0.3) is 0 Å². The number of allylic oxidation sites excluding steroid dienone is 2. The minimum Gasteiger partial charge on any atom is -0.0885 e. The molecule has 0 rings (SSSR count). The molecule has 0 saturated heterocycles. The summed E-state index contributed by atoms with van der Waals surface area (Å²) in [6.07, 6.45) is 6.91. The van der Waals surface area contributed by atoms with Crippen LogP contribution in [0.4, 0.5) is 0 Å². The van der Waals surface area contributed by atoms with Crippen molar-refractivity contribution in [3.63, 3.8) is 0 Å². The quantitative estimate of drug-likeness (QED) is 0.436. The molecule has 0 aromatic heterocycles. The predicted octanol–water partition coefficient (Wildman–Crippen LogP) is 4.23. The second-order valence-corrected chi connectivity index (χ2v) is 4.52. The van der Waals surface area contributed by atoms with Gasteiger partial charge in [-0.2, -0.15) is 0 Å². The molecule has 0 aliphatic carbocycles. The van der Waals surface area contributed by atoms with E-state index in [1.165, 1.54) is 6.42 Å². The van der Waals surface area contributed by atoms with Crippen LogP contribution in [0, 0.1) is 17.8 Å². The third-order valence-corrected chi connectivity index (χ3v) is 3.19. The summed E-state index contributed by atoms with van der Waals surface area (Å²) in [7, 11) is 6.05. The standard InChI is InChI=1S/C13H25B/c1-6-8-9-11(4)13(12(5)14)10(3)7-2/h8-13H,6-7H2,1-5H3/b9-8-/t10?,11?,12?,13-/m0/s1. The average molecular weight is 192 g/mol. The predicted molar refractivity (Wildman–Crippen MR) is 66.7 cm³/mol. The maximum atomic E-state index is 6.05. The Morgan fingerprint density at radius 1 is 1.14 bits per heavy atom. The van der Waals surface area contributed by atoms with Gasteiger partial charge in [-0.3, -0.25) is 0 Å². The van der Waals surface area contributed by atoms with Gasteiger partial charge in [-0.25, -0.2) is 0 Å². The Labute approximate surface area is 91.6 Å². The van der Waals surface area contributed by atoms with Crippen LogP contribution >= 0.6 is 0 Å². The van der Waals surface area contributed by atoms with Gasteiger partial charge in [0.25, 0.3) is 0 Å². The highest BCUT2D eigenvalue weighted by Crippen LogP contribution is 2.33. The zero-order valence-electron chi connectivity index (χ0n) is 10.5. The summed E-state index contributed by atoms with van der Waals surface area (Å²) in [4.78, 5) is 0. The summed E-state index contributed by atoms with van der Waals surface area (Å²) < 4.78 is 0. The second-order valence-electron chi connectivity index (χ2n) is 4.52. The van der Waals surface area contributed by atoms with E-state index in [4.69, 9.17) is 7.85 Å². The van der Waals surface area contributed by atoms with Crippen LogP contribution in [0.2, 0.25) is 5.82 Å². The van der Waals surface area contributed by atoms with E-state index in [-0.39, 0.29) is 0 Å². The van der Waals surface area contributed by atoms with Crippen molar-refractivity contribution < 1.29 is 0 Å². The molecule has 0 aromatic rings. The molecule has 0 aliphatic rings. The number of hydrogen-bond donors (Lipinski definition) is 0. The topological polar surface area (TPSA) is 0 Å². The van der Waals surface area contributed by atoms with E-state index >= 15 is 0 Å². The van der Waals surface area contributed by atoms with Crippen LogP contribution in [0.15, 0.2) is 12.2 Å². The fourth-order valence-electron chi connectivity index (χ4n) is 2.27. The van der Waals surface area contributed by atoms with Gasteiger partial charge in [0.05, 0.1) is 7.85 Å². The molecule has 0 bridgehead atoms. The Hall–Kier alpha value is -0.195. The molecule has 1 heteroatoms. The van der Waals surface area contributed by atoms with Crippen LogP contribution in [0.5, 0.6) is 0 Å². The van der Waals surface area contributed by atoms with E-state index < -0.39 is 0 Å². The number of hydrogen-bond acceptors (Lipinski definition) is 0. The largest absolute Gasteiger partial charge is 0.0885 e. The highest BCUT2D eigenvalue weighted by atomic mass is 14.3. The normalized spacial score (nSPS) is 20.6. The van der Waals surface area contributed by atoms with Crippen molar-refractivity contribution in [1.82, 2.24) is 0 Å². The smallest absolute Gasteiger partial charge is 0.0699 e. The van der Waals surface area contributed by atoms with Gasteiger partial charge in [-0.1, -0.05) is 59.0 Å². The molecule has 0 saturated carbocycles. The van der Waals surface area contributed by atoms with Crippen LogP contribution < -0.4 is 0 Å². The molecule has 14 heavy (non-hydrogen) atoms. The summed E-state index contributed by atoms with van der Waals surface area (Å²) in [6.45, 7) is 11.1. The molecule has 3 unspecified atom stereocenters. The lowest BCUT2D eigenvalue weighted by Gasteiger charge is -2.31. The van der Waals surface area contributed by atoms with Crippen LogP contribution in [-0.4, -0.2) is 7.85 Å². The van der Waals surface area contributed by atoms with Gasteiger partial charge in [0.15, 0.2) is 0 Å². The molecule has 0 nitrogen and oxygen atoms in total. The summed E-state index contributed by atoms with van der Waals surface area (Å²) in [5, 5.41) is 0. The van der Waals surface area contributed by atoms with Gasteiger partial charge in [-0.05, 0) is 24.2 Å². The molecule has 80 valence electrons. The Morgan fingerprint density at radius 2 is 1.71 bits per heavy atom. The van der Waals surface area contributed by atoms with E-state index in [1.807, 2.05) is 0 Å². The van der Waals surface area contributed by atoms with Gasteiger partial charge >= 0.3 is 0 Å². The van der Waals surface area contributed by atoms with E-state index in [1.54, 1.807) is 0 Å². The van der Waals surface area contributed by atoms with Crippen LogP contribution in [0.3, 0.4) is 0 Å². The maximum Gasteiger partial charge on any atom is 0.0699 e. The van der Waals surface area contributed by atoms with Crippen LogP contribution in [-0.2, 0) is 0 Å². The van der Waals surface area contributed by atoms with E-state index in [0.717, 1.165) is 6.42 Å². The highest BCUT2D eigenvalue weighted by molar-refractivity contribution is 6.11. The minimum absolute atomic E-state index is 0.293. The molecule has 0 aromatic carbocycles. The minimum atomic E-state index is 0.293. The van der Waals surface area contributed by atoms with E-state index in [0.29, 0.717) is 23.6 Å². The van der Waals surface area contributed by atoms with Crippen molar-refractivity contribution in [2.24, 2.45) is 17.8 Å². The summed E-state index contributed by atoms with van der Waals surface area (Å²) in [5.41, 5.74) is 0. The Kier molecular flexibility index (Phi) is 7.04. The summed E-state index contributed by atoms with van der Waals surface area (Å²) in [5.74, 6) is 2.22. The van der Waals surface area contributed by atoms with Crippen molar-refractivity contribution >= 4 is 7.85 Å². The lowest BCUT2D eigenvalue weighted by atomic mass is 9.66. The second kappa shape index (κ2) is 7.14. The third-order valence-electron chi connectivity index (χ3n) is 3.19. The van der Waals surface area contributed by atoms with Gasteiger partial charge < -0.3 is 0 Å². The van der Waals surface area contributed by atoms with Crippen molar-refractivity contribution in [2.45, 2.75) is 53.3 Å². The maximum absolute atomic E-state index is 6.05. The van der Waals surface area contributed by atoms with E-state index in [9.17, 15) is 0 Å². The summed E-state index contributed by atoms with van der Waals surface area (Å²) >= 11 is 0. The molecular formula is C13H25B. The first kappa shape index (κ1) is 13.8. The lowest BCUT2D eigenvalue weighted by molar-refractivity contribution is 0.277. The first-order chi connectivity index (χ1) is 6.54. The zero-order chi connectivity index (χ0) is 11.1. The first-order valence-electron chi connectivity index (χ1n) is 5.96. The fourth-order valence-corrected chi connectivity index (χ4v) is 2.27. The van der Waals surface area contributed by atoms with Gasteiger partial charge in [0.2, 0.25) is 0 Å². The van der Waals surface area contributed by atoms with Crippen molar-refractivity contribution in [1.29, 1.82) is 0 Å². The van der Waals surface area contributed by atoms with Crippen LogP contribution in [0.1, 0.15) is 47.5 Å². The lowest BCUT2D eigenvalue weighted by Crippen LogP contribution is -2.22. The van der Waals surface area contributed by atoms with Crippen molar-refractivity contribution in [3.05, 3.63) is 12.2 Å². The molecule has 0 amide bonds. The SMILES string of the molecule is [B]C(C)[C@H](C(C)/C=C\CC)C(C)CC. The van der Waals surface area contributed by atoms with Crippen molar-refractivity contribution in [3.8, 4) is 0 Å². The van der Waals surface area contributed by atoms with Gasteiger partial charge in [0, 0.05) is 0 Å². The Balaban J connectivity index is 4.40. The Morgan fingerprint density at radius 3 is 2.07 bits per heavy atom. The van der Waals surface area contributed by atoms with Gasteiger partial charge in [-0.15, -0.1) is 0 Å². The zero-order valence-corrected chi connectivity index (χ0v) is 10.5. The molecule has 2 radical (unpaired) electrons. The molecule has 0 heterocycles. The molecule has 4 atom stereocenters. The average Bonchev–Trinajstić information content (AvgIpc) is 2.14. The Bertz CT molecular complexity index is 161. The first-order valence-corrected chi connectivity index (χ1v) is 5.96. The molecular weight excluding hydrogens is 167 g/mol. The highest BCUT2D eigenvalue weighted by Gasteiger charge is 2.23. The fraction of sp³-hybridized carbons (Fsp3) is 0.846. The van der Waals surface area contributed by atoms with Gasteiger partial charge in [0.1, 0.15) is 0 Å². The molecule has 0 spiro atoms. The molecule has 0 N–H and O–H groups in total. The number of rotatable bonds is 6. The van der Waals surface area contributed by atoms with Crippen molar-refractivity contribution in [2.75, 3.05) is 0 Å². The molecule has 0 aliphatic heterocycles. The third kappa shape index (κ3) is 4.35. The summed E-state index contributed by atoms with van der Waals surface area (Å²) in [6, 6.07) is 0. The van der Waals surface area contributed by atoms with E-state index in [2.05, 4.69) is 46.8 Å². The monoisotopic (exact) mass is 192 g/mol.